The molecule has 3 aromatic carbocycles. The number of aromatic nitrogens is 3. The lowest BCUT2D eigenvalue weighted by molar-refractivity contribution is -0.118. The Morgan fingerprint density at radius 3 is 2.41 bits per heavy atom. The van der Waals surface area contributed by atoms with E-state index in [1.54, 1.807) is 6.33 Å². The summed E-state index contributed by atoms with van der Waals surface area (Å²) in [5.74, 6) is 1.42. The highest BCUT2D eigenvalue weighted by Gasteiger charge is 2.42. The molecule has 1 heterocycles. The number of amides is 1. The molecule has 0 spiro atoms. The fourth-order valence-corrected chi connectivity index (χ4v) is 6.46. The number of thioether (sulfide) groups is 1. The average Bonchev–Trinajstić information content (AvgIpc) is 3.35. The third-order valence-electron chi connectivity index (χ3n) is 6.92. The summed E-state index contributed by atoms with van der Waals surface area (Å²) in [6.07, 6.45) is 2.70. The highest BCUT2D eigenvalue weighted by Crippen LogP contribution is 2.55. The second-order valence-corrected chi connectivity index (χ2v) is 10.2. The van der Waals surface area contributed by atoms with E-state index in [0.717, 1.165) is 12.1 Å². The molecule has 3 aliphatic carbocycles. The molecule has 1 unspecified atom stereocenters. The van der Waals surface area contributed by atoms with Crippen LogP contribution in [0.5, 0.6) is 0 Å². The molecule has 5 nitrogen and oxygen atoms in total. The first-order valence-corrected chi connectivity index (χ1v) is 12.8. The summed E-state index contributed by atoms with van der Waals surface area (Å²) in [5, 5.41) is 12.7. The van der Waals surface area contributed by atoms with Crippen LogP contribution in [-0.4, -0.2) is 33.0 Å². The minimum absolute atomic E-state index is 0.00802. The molecule has 7 rings (SSSR count). The highest BCUT2D eigenvalue weighted by atomic mass is 35.5. The lowest BCUT2D eigenvalue weighted by Gasteiger charge is -2.45. The number of carbonyl (C=O) groups is 1. The molecule has 0 saturated carbocycles. The van der Waals surface area contributed by atoms with Crippen molar-refractivity contribution >= 4 is 29.3 Å². The van der Waals surface area contributed by atoms with Crippen molar-refractivity contribution in [3.8, 4) is 5.69 Å². The number of fused-ring (bicyclic) bond motifs is 1. The second-order valence-electron chi connectivity index (χ2n) is 8.84. The first kappa shape index (κ1) is 21.4. The minimum atomic E-state index is 0.00802. The van der Waals surface area contributed by atoms with Crippen molar-refractivity contribution in [1.29, 1.82) is 0 Å². The van der Waals surface area contributed by atoms with Crippen LogP contribution in [0.1, 0.15) is 40.5 Å². The van der Waals surface area contributed by atoms with Crippen LogP contribution < -0.4 is 5.32 Å². The van der Waals surface area contributed by atoms with Gasteiger partial charge in [-0.1, -0.05) is 78.0 Å². The smallest absolute Gasteiger partial charge is 0.230 e. The zero-order valence-corrected chi connectivity index (χ0v) is 20.0. The summed E-state index contributed by atoms with van der Waals surface area (Å²) < 4.78 is 1.85. The zero-order chi connectivity index (χ0) is 23.1. The van der Waals surface area contributed by atoms with Crippen molar-refractivity contribution < 1.29 is 4.79 Å². The van der Waals surface area contributed by atoms with Crippen LogP contribution in [0.3, 0.4) is 0 Å². The molecule has 3 aliphatic rings. The van der Waals surface area contributed by atoms with E-state index >= 15 is 0 Å². The van der Waals surface area contributed by atoms with Crippen LogP contribution in [0, 0.1) is 5.92 Å². The molecule has 2 bridgehead atoms. The van der Waals surface area contributed by atoms with Crippen LogP contribution in [-0.2, 0) is 4.79 Å². The quantitative estimate of drug-likeness (QED) is 0.369. The first-order valence-electron chi connectivity index (χ1n) is 11.4. The molecule has 1 N–H and O–H groups in total. The van der Waals surface area contributed by atoms with Crippen molar-refractivity contribution in [2.45, 2.75) is 23.4 Å². The molecule has 4 aromatic rings. The van der Waals surface area contributed by atoms with Gasteiger partial charge in [0.15, 0.2) is 5.16 Å². The van der Waals surface area contributed by atoms with Gasteiger partial charge in [0.05, 0.1) is 11.4 Å². The maximum Gasteiger partial charge on any atom is 0.230 e. The van der Waals surface area contributed by atoms with Crippen LogP contribution in [0.15, 0.2) is 84.3 Å². The Morgan fingerprint density at radius 2 is 1.71 bits per heavy atom. The standard InChI is InChI=1S/C27H23ClN4OS/c28-18-6-5-7-19(13-18)32-16-30-31-27(32)34-15-25(33)29-14-17-12-24-20-8-1-3-10-22(20)26(17)23-11-4-2-9-21(23)24/h1-11,13,16-17,24,26H,12,14-15H2,(H,29,33). The summed E-state index contributed by atoms with van der Waals surface area (Å²) in [6, 6.07) is 25.1. The third kappa shape index (κ3) is 3.81. The fraction of sp³-hybridized carbons (Fsp3) is 0.222. The third-order valence-corrected chi connectivity index (χ3v) is 8.10. The van der Waals surface area contributed by atoms with Gasteiger partial charge in [0.25, 0.3) is 0 Å². The first-order chi connectivity index (χ1) is 16.7. The van der Waals surface area contributed by atoms with E-state index in [4.69, 9.17) is 11.6 Å². The molecule has 34 heavy (non-hydrogen) atoms. The minimum Gasteiger partial charge on any atom is -0.355 e. The zero-order valence-electron chi connectivity index (χ0n) is 18.4. The van der Waals surface area contributed by atoms with Gasteiger partial charge in [-0.25, -0.2) is 0 Å². The molecule has 0 aliphatic heterocycles. The summed E-state index contributed by atoms with van der Waals surface area (Å²) in [4.78, 5) is 12.8. The predicted molar refractivity (Wildman–Crippen MR) is 135 cm³/mol. The second kappa shape index (κ2) is 8.93. The Balaban J connectivity index is 1.13. The Hall–Kier alpha value is -3.09. The maximum atomic E-state index is 12.8. The number of hydrogen-bond donors (Lipinski definition) is 1. The number of rotatable bonds is 6. The van der Waals surface area contributed by atoms with Gasteiger partial charge >= 0.3 is 0 Å². The lowest BCUT2D eigenvalue weighted by Crippen LogP contribution is -2.39. The molecule has 1 aromatic heterocycles. The van der Waals surface area contributed by atoms with Crippen LogP contribution in [0.2, 0.25) is 5.02 Å². The molecule has 1 amide bonds. The van der Waals surface area contributed by atoms with Gasteiger partial charge in [-0.05, 0) is 52.8 Å². The van der Waals surface area contributed by atoms with E-state index in [-0.39, 0.29) is 11.7 Å². The Morgan fingerprint density at radius 1 is 1.00 bits per heavy atom. The average molecular weight is 487 g/mol. The van der Waals surface area contributed by atoms with E-state index in [9.17, 15) is 4.79 Å². The molecule has 0 saturated heterocycles. The normalized spacial score (nSPS) is 20.0. The molecule has 7 heteroatoms. The summed E-state index contributed by atoms with van der Waals surface area (Å²) >= 11 is 7.50. The monoisotopic (exact) mass is 486 g/mol. The maximum absolute atomic E-state index is 12.8. The van der Waals surface area contributed by atoms with Crippen molar-refractivity contribution in [3.05, 3.63) is 106 Å². The fourth-order valence-electron chi connectivity index (χ4n) is 5.51. The van der Waals surface area contributed by atoms with Crippen molar-refractivity contribution in [3.63, 3.8) is 0 Å². The SMILES string of the molecule is O=C(CSc1nncn1-c1cccc(Cl)c1)NCC1CC2c3ccccc3C1c1ccccc12. The highest BCUT2D eigenvalue weighted by molar-refractivity contribution is 7.99. The summed E-state index contributed by atoms with van der Waals surface area (Å²) in [6.45, 7) is 0.671. The largest absolute Gasteiger partial charge is 0.355 e. The van der Waals surface area contributed by atoms with Gasteiger partial charge < -0.3 is 5.32 Å². The van der Waals surface area contributed by atoms with Crippen LogP contribution in [0.25, 0.3) is 5.69 Å². The van der Waals surface area contributed by atoms with Crippen molar-refractivity contribution in [1.82, 2.24) is 20.1 Å². The van der Waals surface area contributed by atoms with Gasteiger partial charge in [-0.3, -0.25) is 9.36 Å². The van der Waals surface area contributed by atoms with Gasteiger partial charge in [0.2, 0.25) is 5.91 Å². The number of halogens is 1. The van der Waals surface area contributed by atoms with E-state index in [1.807, 2.05) is 28.8 Å². The predicted octanol–water partition coefficient (Wildman–Crippen LogP) is 5.43. The van der Waals surface area contributed by atoms with E-state index in [0.29, 0.717) is 34.5 Å². The van der Waals surface area contributed by atoms with Crippen molar-refractivity contribution in [2.24, 2.45) is 5.92 Å². The summed E-state index contributed by atoms with van der Waals surface area (Å²) in [5.41, 5.74) is 6.60. The Kier molecular flexibility index (Phi) is 5.63. The number of nitrogens with one attached hydrogen (secondary N) is 1. The van der Waals surface area contributed by atoms with E-state index in [2.05, 4.69) is 64.0 Å². The summed E-state index contributed by atoms with van der Waals surface area (Å²) in [7, 11) is 0. The van der Waals surface area contributed by atoms with E-state index < -0.39 is 0 Å². The number of carbonyl (C=O) groups excluding carboxylic acids is 1. The number of hydrogen-bond acceptors (Lipinski definition) is 4. The molecular formula is C27H23ClN4OS. The molecular weight excluding hydrogens is 464 g/mol. The molecule has 0 radical (unpaired) electrons. The topological polar surface area (TPSA) is 59.8 Å². The molecule has 170 valence electrons. The van der Waals surface area contributed by atoms with E-state index in [1.165, 1.54) is 34.0 Å². The van der Waals surface area contributed by atoms with Gasteiger partial charge in [-0.15, -0.1) is 10.2 Å². The van der Waals surface area contributed by atoms with Gasteiger partial charge in [0, 0.05) is 23.4 Å². The van der Waals surface area contributed by atoms with Gasteiger partial charge in [-0.2, -0.15) is 0 Å². The molecule has 0 fully saturated rings. The van der Waals surface area contributed by atoms with Crippen LogP contribution in [0.4, 0.5) is 0 Å². The number of nitrogens with zero attached hydrogens (tertiary/aromatic N) is 3. The Labute approximate surface area is 207 Å². The lowest BCUT2D eigenvalue weighted by atomic mass is 9.59. The van der Waals surface area contributed by atoms with Crippen molar-refractivity contribution in [2.75, 3.05) is 12.3 Å². The Bertz CT molecular complexity index is 1320. The van der Waals surface area contributed by atoms with Crippen LogP contribution >= 0.6 is 23.4 Å². The molecule has 1 atom stereocenters. The number of benzene rings is 3. The van der Waals surface area contributed by atoms with Gasteiger partial charge in [0.1, 0.15) is 6.33 Å².